The molecule has 0 aliphatic carbocycles. The lowest BCUT2D eigenvalue weighted by molar-refractivity contribution is 0.388. The van der Waals surface area contributed by atoms with Crippen molar-refractivity contribution in [1.82, 2.24) is 10.2 Å². The molecular weight excluding hydrogens is 352 g/mol. The lowest BCUT2D eigenvalue weighted by Gasteiger charge is -2.10. The second kappa shape index (κ2) is 5.96. The second-order valence-electron chi connectivity index (χ2n) is 4.38. The van der Waals surface area contributed by atoms with Gasteiger partial charge < -0.3 is 10.2 Å². The van der Waals surface area contributed by atoms with E-state index in [1.54, 1.807) is 11.3 Å². The first-order valence-electron chi connectivity index (χ1n) is 5.48. The molecule has 1 atom stereocenters. The van der Waals surface area contributed by atoms with Gasteiger partial charge in [-0.1, -0.05) is 0 Å². The third-order valence-corrected chi connectivity index (χ3v) is 6.17. The maximum Gasteiger partial charge on any atom is 0.0843 e. The number of nitrogens with one attached hydrogen (secondary N) is 1. The number of hydrogen-bond donors (Lipinski definition) is 1. The molecule has 5 heteroatoms. The molecule has 1 fully saturated rings. The van der Waals surface area contributed by atoms with Crippen LogP contribution in [-0.2, 0) is 6.54 Å². The van der Waals surface area contributed by atoms with E-state index in [4.69, 9.17) is 0 Å². The van der Waals surface area contributed by atoms with Crippen LogP contribution in [0, 0.1) is 5.92 Å². The van der Waals surface area contributed by atoms with Crippen molar-refractivity contribution in [3.8, 4) is 0 Å². The first kappa shape index (κ1) is 13.0. The van der Waals surface area contributed by atoms with E-state index in [1.165, 1.54) is 28.2 Å². The monoisotopic (exact) mass is 366 g/mol. The van der Waals surface area contributed by atoms with Gasteiger partial charge in [0.1, 0.15) is 0 Å². The van der Waals surface area contributed by atoms with Gasteiger partial charge in [0.25, 0.3) is 0 Å². The molecule has 0 aromatic carbocycles. The quantitative estimate of drug-likeness (QED) is 0.878. The van der Waals surface area contributed by atoms with E-state index >= 15 is 0 Å². The zero-order valence-corrected chi connectivity index (χ0v) is 13.3. The van der Waals surface area contributed by atoms with Gasteiger partial charge in [0, 0.05) is 22.4 Å². The van der Waals surface area contributed by atoms with Crippen LogP contribution in [0.3, 0.4) is 0 Å². The molecule has 0 saturated carbocycles. The van der Waals surface area contributed by atoms with Gasteiger partial charge in [-0.05, 0) is 70.4 Å². The van der Waals surface area contributed by atoms with Crippen molar-refractivity contribution >= 4 is 43.2 Å². The molecule has 2 nitrogen and oxygen atoms in total. The van der Waals surface area contributed by atoms with Crippen molar-refractivity contribution in [3.63, 3.8) is 0 Å². The Morgan fingerprint density at radius 3 is 2.94 bits per heavy atom. The summed E-state index contributed by atoms with van der Waals surface area (Å²) in [7, 11) is 2.20. The molecule has 1 aromatic rings. The van der Waals surface area contributed by atoms with Crippen LogP contribution < -0.4 is 5.32 Å². The van der Waals surface area contributed by atoms with Gasteiger partial charge in [0.05, 0.1) is 3.79 Å². The van der Waals surface area contributed by atoms with Crippen LogP contribution in [0.15, 0.2) is 14.3 Å². The van der Waals surface area contributed by atoms with E-state index in [2.05, 4.69) is 55.2 Å². The van der Waals surface area contributed by atoms with Gasteiger partial charge in [-0.2, -0.15) is 0 Å². The van der Waals surface area contributed by atoms with Crippen molar-refractivity contribution in [1.29, 1.82) is 0 Å². The Bertz CT molecular complexity index is 334. The van der Waals surface area contributed by atoms with Gasteiger partial charge in [-0.25, -0.2) is 0 Å². The Morgan fingerprint density at radius 1 is 1.56 bits per heavy atom. The molecule has 1 saturated heterocycles. The minimum Gasteiger partial charge on any atom is -0.312 e. The van der Waals surface area contributed by atoms with Crippen LogP contribution in [-0.4, -0.2) is 31.6 Å². The SMILES string of the molecule is CN1CCC(CNCc2cc(Br)c(Br)s2)C1. The Kier molecular flexibility index (Phi) is 4.85. The summed E-state index contributed by atoms with van der Waals surface area (Å²) in [6, 6.07) is 2.18. The summed E-state index contributed by atoms with van der Waals surface area (Å²) in [6.45, 7) is 4.61. The maximum atomic E-state index is 3.55. The first-order valence-corrected chi connectivity index (χ1v) is 7.88. The lowest BCUT2D eigenvalue weighted by atomic mass is 10.1. The molecule has 1 N–H and O–H groups in total. The minimum absolute atomic E-state index is 0.830. The minimum atomic E-state index is 0.830. The second-order valence-corrected chi connectivity index (χ2v) is 7.69. The summed E-state index contributed by atoms with van der Waals surface area (Å²) < 4.78 is 2.35. The molecule has 1 aliphatic rings. The van der Waals surface area contributed by atoms with E-state index in [0.717, 1.165) is 23.5 Å². The third-order valence-electron chi connectivity index (χ3n) is 2.92. The molecule has 0 amide bonds. The Balaban J connectivity index is 1.72. The molecule has 0 radical (unpaired) electrons. The highest BCUT2D eigenvalue weighted by molar-refractivity contribution is 9.13. The molecule has 2 heterocycles. The lowest BCUT2D eigenvalue weighted by Crippen LogP contribution is -2.24. The number of likely N-dealkylation sites (tertiary alicyclic amines) is 1. The summed E-state index contributed by atoms with van der Waals surface area (Å²) in [6.07, 6.45) is 1.33. The standard InChI is InChI=1S/C11H16Br2N2S/c1-15-3-2-8(7-15)5-14-6-9-4-10(12)11(13)16-9/h4,8,14H,2-3,5-7H2,1H3. The van der Waals surface area contributed by atoms with Gasteiger partial charge in [0.2, 0.25) is 0 Å². The molecule has 0 bridgehead atoms. The topological polar surface area (TPSA) is 15.3 Å². The average molecular weight is 368 g/mol. The molecule has 1 aliphatic heterocycles. The predicted molar refractivity (Wildman–Crippen MR) is 77.0 cm³/mol. The zero-order valence-electron chi connectivity index (χ0n) is 9.30. The van der Waals surface area contributed by atoms with Gasteiger partial charge >= 0.3 is 0 Å². The smallest absolute Gasteiger partial charge is 0.0843 e. The number of hydrogen-bond acceptors (Lipinski definition) is 3. The number of halogens is 2. The largest absolute Gasteiger partial charge is 0.312 e. The molecule has 0 spiro atoms. The molecule has 16 heavy (non-hydrogen) atoms. The van der Waals surface area contributed by atoms with Crippen molar-refractivity contribution < 1.29 is 0 Å². The first-order chi connectivity index (χ1) is 7.65. The summed E-state index contributed by atoms with van der Waals surface area (Å²) >= 11 is 8.82. The zero-order chi connectivity index (χ0) is 11.5. The van der Waals surface area contributed by atoms with E-state index in [1.807, 2.05) is 0 Å². The highest BCUT2D eigenvalue weighted by Gasteiger charge is 2.18. The highest BCUT2D eigenvalue weighted by atomic mass is 79.9. The average Bonchev–Trinajstić information content (AvgIpc) is 2.75. The van der Waals surface area contributed by atoms with E-state index < -0.39 is 0 Å². The normalized spacial score (nSPS) is 21.8. The van der Waals surface area contributed by atoms with Crippen LogP contribution in [0.4, 0.5) is 0 Å². The fraction of sp³-hybridized carbons (Fsp3) is 0.636. The molecule has 90 valence electrons. The summed E-state index contributed by atoms with van der Waals surface area (Å²) in [5.41, 5.74) is 0. The van der Waals surface area contributed by atoms with E-state index in [-0.39, 0.29) is 0 Å². The van der Waals surface area contributed by atoms with Crippen LogP contribution in [0.25, 0.3) is 0 Å². The van der Waals surface area contributed by atoms with Gasteiger partial charge in [-0.15, -0.1) is 11.3 Å². The highest BCUT2D eigenvalue weighted by Crippen LogP contribution is 2.32. The van der Waals surface area contributed by atoms with Crippen molar-refractivity contribution in [2.24, 2.45) is 5.92 Å². The summed E-state index contributed by atoms with van der Waals surface area (Å²) in [4.78, 5) is 3.79. The molecule has 1 unspecified atom stereocenters. The van der Waals surface area contributed by atoms with Crippen molar-refractivity contribution in [2.45, 2.75) is 13.0 Å². The van der Waals surface area contributed by atoms with Crippen LogP contribution in [0.5, 0.6) is 0 Å². The number of thiophene rings is 1. The summed E-state index contributed by atoms with van der Waals surface area (Å²) in [5.74, 6) is 0.830. The van der Waals surface area contributed by atoms with Gasteiger partial charge in [-0.3, -0.25) is 0 Å². The van der Waals surface area contributed by atoms with Crippen molar-refractivity contribution in [3.05, 3.63) is 19.2 Å². The fourth-order valence-corrected chi connectivity index (χ4v) is 4.22. The number of rotatable bonds is 4. The Morgan fingerprint density at radius 2 is 2.38 bits per heavy atom. The fourth-order valence-electron chi connectivity index (χ4n) is 2.07. The molecular formula is C11H16Br2N2S. The maximum absolute atomic E-state index is 3.55. The third kappa shape index (κ3) is 3.53. The van der Waals surface area contributed by atoms with Crippen LogP contribution in [0.2, 0.25) is 0 Å². The van der Waals surface area contributed by atoms with Crippen molar-refractivity contribution in [2.75, 3.05) is 26.7 Å². The Labute approximate surface area is 118 Å². The molecule has 2 rings (SSSR count). The van der Waals surface area contributed by atoms with Crippen LogP contribution >= 0.6 is 43.2 Å². The number of nitrogens with zero attached hydrogens (tertiary/aromatic N) is 1. The van der Waals surface area contributed by atoms with E-state index in [0.29, 0.717) is 0 Å². The van der Waals surface area contributed by atoms with E-state index in [9.17, 15) is 0 Å². The molecule has 1 aromatic heterocycles. The predicted octanol–water partition coefficient (Wildman–Crippen LogP) is 3.31. The van der Waals surface area contributed by atoms with Crippen LogP contribution in [0.1, 0.15) is 11.3 Å². The Hall–Kier alpha value is 0.580. The van der Waals surface area contributed by atoms with Gasteiger partial charge in [0.15, 0.2) is 0 Å². The summed E-state index contributed by atoms with van der Waals surface area (Å²) in [5, 5.41) is 3.55.